The number of aliphatic hydroxyl groups is 1. The van der Waals surface area contributed by atoms with Crippen molar-refractivity contribution in [3.05, 3.63) is 0 Å². The number of hydrogen-bond donors (Lipinski definition) is 3. The molecule has 5 heteroatoms. The summed E-state index contributed by atoms with van der Waals surface area (Å²) in [4.78, 5) is 11.2. The molecule has 0 aliphatic rings. The third kappa shape index (κ3) is 9.97. The predicted molar refractivity (Wildman–Crippen MR) is 64.3 cm³/mol. The van der Waals surface area contributed by atoms with Crippen molar-refractivity contribution in [1.82, 2.24) is 10.6 Å². The Kier molecular flexibility index (Phi) is 13.4. The molecule has 1 amide bonds. The summed E-state index contributed by atoms with van der Waals surface area (Å²) in [6.45, 7) is 3.66. The van der Waals surface area contributed by atoms with E-state index >= 15 is 0 Å². The lowest BCUT2D eigenvalue weighted by Crippen LogP contribution is -2.31. The van der Waals surface area contributed by atoms with Crippen LogP contribution in [0.4, 0.5) is 0 Å². The molecule has 0 saturated heterocycles. The standard InChI is InChI=1S/C10H22N2O2.ClH/c1-3-9(5-7-13)8-12-10(14)4-6-11-2;/h9,11,13H,3-8H2,1-2H3,(H,12,14);1H. The highest BCUT2D eigenvalue weighted by molar-refractivity contribution is 5.85. The maximum absolute atomic E-state index is 11.2. The minimum Gasteiger partial charge on any atom is -0.396 e. The average Bonchev–Trinajstić information content (AvgIpc) is 2.21. The molecule has 4 nitrogen and oxygen atoms in total. The Morgan fingerprint density at radius 3 is 2.60 bits per heavy atom. The van der Waals surface area contributed by atoms with Gasteiger partial charge in [-0.3, -0.25) is 4.79 Å². The molecule has 0 aromatic carbocycles. The zero-order valence-corrected chi connectivity index (χ0v) is 10.4. The Morgan fingerprint density at radius 2 is 2.13 bits per heavy atom. The minimum absolute atomic E-state index is 0. The van der Waals surface area contributed by atoms with Crippen LogP contribution >= 0.6 is 12.4 Å². The number of aliphatic hydroxyl groups excluding tert-OH is 1. The van der Waals surface area contributed by atoms with Crippen LogP contribution in [0, 0.1) is 5.92 Å². The fraction of sp³-hybridized carbons (Fsp3) is 0.900. The fourth-order valence-corrected chi connectivity index (χ4v) is 1.22. The van der Waals surface area contributed by atoms with Crippen molar-refractivity contribution in [2.24, 2.45) is 5.92 Å². The highest BCUT2D eigenvalue weighted by Gasteiger charge is 2.07. The second-order valence-electron chi connectivity index (χ2n) is 3.44. The Labute approximate surface area is 98.2 Å². The summed E-state index contributed by atoms with van der Waals surface area (Å²) in [6.07, 6.45) is 2.28. The van der Waals surface area contributed by atoms with Crippen LogP contribution in [0.25, 0.3) is 0 Å². The molecule has 92 valence electrons. The molecule has 0 fully saturated rings. The number of rotatable bonds is 8. The van der Waals surface area contributed by atoms with Gasteiger partial charge in [0.25, 0.3) is 0 Å². The van der Waals surface area contributed by atoms with Gasteiger partial charge < -0.3 is 15.7 Å². The van der Waals surface area contributed by atoms with Gasteiger partial charge in [-0.15, -0.1) is 12.4 Å². The van der Waals surface area contributed by atoms with E-state index in [9.17, 15) is 4.79 Å². The first-order valence-electron chi connectivity index (χ1n) is 5.26. The number of halogens is 1. The fourth-order valence-electron chi connectivity index (χ4n) is 1.22. The molecule has 0 aromatic heterocycles. The number of nitrogens with one attached hydrogen (secondary N) is 2. The molecule has 0 saturated carbocycles. The van der Waals surface area contributed by atoms with Crippen molar-refractivity contribution in [1.29, 1.82) is 0 Å². The maximum Gasteiger partial charge on any atom is 0.221 e. The smallest absolute Gasteiger partial charge is 0.221 e. The van der Waals surface area contributed by atoms with E-state index in [0.717, 1.165) is 12.8 Å². The van der Waals surface area contributed by atoms with E-state index in [2.05, 4.69) is 17.6 Å². The van der Waals surface area contributed by atoms with Crippen molar-refractivity contribution < 1.29 is 9.90 Å². The third-order valence-electron chi connectivity index (χ3n) is 2.30. The maximum atomic E-state index is 11.2. The lowest BCUT2D eigenvalue weighted by Gasteiger charge is -2.14. The first-order chi connectivity index (χ1) is 6.74. The first-order valence-corrected chi connectivity index (χ1v) is 5.26. The van der Waals surface area contributed by atoms with Gasteiger partial charge in [-0.05, 0) is 19.4 Å². The van der Waals surface area contributed by atoms with Crippen molar-refractivity contribution in [2.45, 2.75) is 26.2 Å². The summed E-state index contributed by atoms with van der Waals surface area (Å²) in [5.74, 6) is 0.481. The topological polar surface area (TPSA) is 61.4 Å². The van der Waals surface area contributed by atoms with Crippen molar-refractivity contribution >= 4 is 18.3 Å². The van der Waals surface area contributed by atoms with E-state index in [1.807, 2.05) is 7.05 Å². The van der Waals surface area contributed by atoms with Crippen LogP contribution in [0.5, 0.6) is 0 Å². The van der Waals surface area contributed by atoms with Crippen molar-refractivity contribution in [3.8, 4) is 0 Å². The number of hydrogen-bond acceptors (Lipinski definition) is 3. The van der Waals surface area contributed by atoms with Gasteiger partial charge in [-0.2, -0.15) is 0 Å². The summed E-state index contributed by atoms with van der Waals surface area (Å²) < 4.78 is 0. The van der Waals surface area contributed by atoms with Gasteiger partial charge in [0.1, 0.15) is 0 Å². The van der Waals surface area contributed by atoms with Crippen LogP contribution in [0.15, 0.2) is 0 Å². The van der Waals surface area contributed by atoms with Gasteiger partial charge in [-0.1, -0.05) is 13.3 Å². The van der Waals surface area contributed by atoms with E-state index in [1.54, 1.807) is 0 Å². The minimum atomic E-state index is 0. The molecule has 0 rings (SSSR count). The molecule has 3 N–H and O–H groups in total. The molecule has 1 unspecified atom stereocenters. The Balaban J connectivity index is 0. The second kappa shape index (κ2) is 11.8. The van der Waals surface area contributed by atoms with Crippen LogP contribution in [0.1, 0.15) is 26.2 Å². The summed E-state index contributed by atoms with van der Waals surface area (Å²) in [6, 6.07) is 0. The molecule has 0 aromatic rings. The van der Waals surface area contributed by atoms with Gasteiger partial charge in [0.05, 0.1) is 0 Å². The molecular formula is C10H23ClN2O2. The summed E-state index contributed by atoms with van der Waals surface area (Å²) in [5.41, 5.74) is 0. The van der Waals surface area contributed by atoms with Crippen LogP contribution in [-0.2, 0) is 4.79 Å². The Morgan fingerprint density at radius 1 is 1.47 bits per heavy atom. The van der Waals surface area contributed by atoms with Gasteiger partial charge in [-0.25, -0.2) is 0 Å². The van der Waals surface area contributed by atoms with Crippen LogP contribution in [0.2, 0.25) is 0 Å². The summed E-state index contributed by atoms with van der Waals surface area (Å²) >= 11 is 0. The molecule has 0 heterocycles. The molecule has 1 atom stereocenters. The van der Waals surface area contributed by atoms with Crippen LogP contribution in [-0.4, -0.2) is 37.8 Å². The SMILES string of the molecule is CCC(CCO)CNC(=O)CCNC.Cl. The average molecular weight is 239 g/mol. The highest BCUT2D eigenvalue weighted by Crippen LogP contribution is 2.05. The molecule has 0 radical (unpaired) electrons. The Bertz CT molecular complexity index is 156. The van der Waals surface area contributed by atoms with E-state index < -0.39 is 0 Å². The largest absolute Gasteiger partial charge is 0.396 e. The number of amides is 1. The number of carbonyl (C=O) groups excluding carboxylic acids is 1. The zero-order chi connectivity index (χ0) is 10.8. The quantitative estimate of drug-likeness (QED) is 0.579. The predicted octanol–water partition coefficient (Wildman–Crippen LogP) is 0.542. The monoisotopic (exact) mass is 238 g/mol. The summed E-state index contributed by atoms with van der Waals surface area (Å²) in [7, 11) is 1.83. The van der Waals surface area contributed by atoms with Crippen molar-refractivity contribution in [2.75, 3.05) is 26.7 Å². The molecular weight excluding hydrogens is 216 g/mol. The number of carbonyl (C=O) groups is 1. The zero-order valence-electron chi connectivity index (χ0n) is 9.58. The molecule has 15 heavy (non-hydrogen) atoms. The van der Waals surface area contributed by atoms with Crippen LogP contribution < -0.4 is 10.6 Å². The van der Waals surface area contributed by atoms with E-state index in [0.29, 0.717) is 25.4 Å². The molecule has 0 aliphatic carbocycles. The van der Waals surface area contributed by atoms with Gasteiger partial charge in [0, 0.05) is 26.1 Å². The summed E-state index contributed by atoms with van der Waals surface area (Å²) in [5, 5.41) is 14.5. The highest BCUT2D eigenvalue weighted by atomic mass is 35.5. The normalized spacial score (nSPS) is 11.7. The van der Waals surface area contributed by atoms with Gasteiger partial charge in [0.15, 0.2) is 0 Å². The lowest BCUT2D eigenvalue weighted by atomic mass is 10.0. The van der Waals surface area contributed by atoms with E-state index in [1.165, 1.54) is 0 Å². The van der Waals surface area contributed by atoms with Gasteiger partial charge >= 0.3 is 0 Å². The molecule has 0 bridgehead atoms. The third-order valence-corrected chi connectivity index (χ3v) is 2.30. The van der Waals surface area contributed by atoms with E-state index in [4.69, 9.17) is 5.11 Å². The van der Waals surface area contributed by atoms with E-state index in [-0.39, 0.29) is 24.9 Å². The van der Waals surface area contributed by atoms with Crippen LogP contribution in [0.3, 0.4) is 0 Å². The Hall–Kier alpha value is -0.320. The molecule has 0 aliphatic heterocycles. The van der Waals surface area contributed by atoms with Crippen molar-refractivity contribution in [3.63, 3.8) is 0 Å². The molecule has 0 spiro atoms. The van der Waals surface area contributed by atoms with Gasteiger partial charge in [0.2, 0.25) is 5.91 Å². The second-order valence-corrected chi connectivity index (χ2v) is 3.44. The first kappa shape index (κ1) is 17.1. The lowest BCUT2D eigenvalue weighted by molar-refractivity contribution is -0.121.